The highest BCUT2D eigenvalue weighted by Crippen LogP contribution is 2.64. The molecule has 33 heavy (non-hydrogen) atoms. The molecule has 0 spiro atoms. The summed E-state index contributed by atoms with van der Waals surface area (Å²) < 4.78 is 237. The average Bonchev–Trinajstić information content (AvgIpc) is 2.66. The third kappa shape index (κ3) is 4.06. The van der Waals surface area contributed by atoms with Crippen LogP contribution in [-0.4, -0.2) is 76.7 Å². The van der Waals surface area contributed by atoms with Crippen molar-refractivity contribution in [3.05, 3.63) is 0 Å². The van der Waals surface area contributed by atoms with Gasteiger partial charge in [0.05, 0.1) is 0 Å². The number of rotatable bonds is 12. The maximum Gasteiger partial charge on any atom is 0.406 e. The second-order valence-corrected chi connectivity index (χ2v) is 8.70. The molecule has 0 saturated heterocycles. The minimum absolute atomic E-state index is 0.0904. The highest BCUT2D eigenvalue weighted by Gasteiger charge is 2.95. The maximum absolute atomic E-state index is 13.7. The molecule has 0 aliphatic carbocycles. The fourth-order valence-electron chi connectivity index (χ4n) is 2.20. The van der Waals surface area contributed by atoms with Gasteiger partial charge >= 0.3 is 56.3 Å². The molecule has 2 nitrogen and oxygen atoms in total. The molecule has 1 unspecified atom stereocenters. The van der Waals surface area contributed by atoms with Crippen molar-refractivity contribution < 1.29 is 83.5 Å². The Morgan fingerprint density at radius 1 is 0.545 bits per heavy atom. The van der Waals surface area contributed by atoms with Gasteiger partial charge in [0.25, 0.3) is 0 Å². The maximum atomic E-state index is 13.7. The van der Waals surface area contributed by atoms with Crippen molar-refractivity contribution in [2.24, 2.45) is 0 Å². The van der Waals surface area contributed by atoms with Crippen molar-refractivity contribution in [1.29, 1.82) is 0 Å². The van der Waals surface area contributed by atoms with Crippen molar-refractivity contribution in [3.63, 3.8) is 0 Å². The van der Waals surface area contributed by atoms with E-state index in [-0.39, 0.29) is 21.1 Å². The van der Waals surface area contributed by atoms with Crippen molar-refractivity contribution in [1.82, 2.24) is 0 Å². The van der Waals surface area contributed by atoms with Gasteiger partial charge in [0.1, 0.15) is 0 Å². The van der Waals surface area contributed by atoms with Crippen LogP contribution in [-0.2, 0) is 8.85 Å². The highest BCUT2D eigenvalue weighted by atomic mass is 28.3. The van der Waals surface area contributed by atoms with Crippen LogP contribution in [0.15, 0.2) is 0 Å². The van der Waals surface area contributed by atoms with E-state index < -0.39 is 68.9 Å². The lowest BCUT2D eigenvalue weighted by Gasteiger charge is -2.44. The molecular formula is C13H13F17O2Si. The molecule has 0 aliphatic heterocycles. The molecule has 0 N–H and O–H groups in total. The zero-order valence-corrected chi connectivity index (χ0v) is 17.3. The van der Waals surface area contributed by atoms with Crippen LogP contribution in [0.3, 0.4) is 0 Å². The molecule has 20 heteroatoms. The number of alkyl halides is 17. The minimum Gasteiger partial charge on any atom is -0.396 e. The third-order valence-electron chi connectivity index (χ3n) is 4.28. The van der Waals surface area contributed by atoms with Crippen LogP contribution in [0.2, 0.25) is 0 Å². The molecule has 0 aromatic heterocycles. The number of hydrogen-bond donors (Lipinski definition) is 0. The summed E-state index contributed by atoms with van der Waals surface area (Å²) in [5.74, 6) is -56.4. The number of halogens is 17. The Balaban J connectivity index is 6.89. The second-order valence-electron chi connectivity index (χ2n) is 6.37. The SMILES string of the molecule is CCC(F)C(F)(F)C(F)(F)C(F)(F)C(F)(F)C(F)(F)C(F)(F)C(F)(F)C(F)(F)[SiH](OC)OC. The van der Waals surface area contributed by atoms with E-state index in [1.165, 1.54) is 0 Å². The van der Waals surface area contributed by atoms with E-state index in [9.17, 15) is 74.6 Å². The Hall–Kier alpha value is -1.05. The van der Waals surface area contributed by atoms with Crippen LogP contribution in [0.1, 0.15) is 13.3 Å². The Bertz CT molecular complexity index is 676. The molecule has 0 bridgehead atoms. The molecule has 200 valence electrons. The van der Waals surface area contributed by atoms with Crippen LogP contribution < -0.4 is 0 Å². The zero-order valence-electron chi connectivity index (χ0n) is 16.1. The van der Waals surface area contributed by atoms with Crippen molar-refractivity contribution in [2.45, 2.75) is 66.5 Å². The fraction of sp³-hybridized carbons (Fsp3) is 1.00. The topological polar surface area (TPSA) is 18.5 Å². The largest absolute Gasteiger partial charge is 0.406 e. The quantitative estimate of drug-likeness (QED) is 0.223. The van der Waals surface area contributed by atoms with E-state index in [0.29, 0.717) is 0 Å². The summed E-state index contributed by atoms with van der Waals surface area (Å²) in [7, 11) is -5.34. The van der Waals surface area contributed by atoms with E-state index >= 15 is 0 Å². The molecule has 1 atom stereocenters. The Kier molecular flexibility index (Phi) is 8.58. The van der Waals surface area contributed by atoms with E-state index in [0.717, 1.165) is 0 Å². The molecule has 0 aromatic rings. The first-order valence-corrected chi connectivity index (χ1v) is 9.49. The van der Waals surface area contributed by atoms with E-state index in [1.807, 2.05) is 0 Å². The van der Waals surface area contributed by atoms with Crippen molar-refractivity contribution in [3.8, 4) is 0 Å². The first-order valence-electron chi connectivity index (χ1n) is 7.97. The summed E-state index contributed by atoms with van der Waals surface area (Å²) in [5, 5.41) is 0. The van der Waals surface area contributed by atoms with E-state index in [4.69, 9.17) is 0 Å². The van der Waals surface area contributed by atoms with Crippen LogP contribution >= 0.6 is 0 Å². The van der Waals surface area contributed by atoms with Gasteiger partial charge in [0.2, 0.25) is 0 Å². The minimum atomic E-state index is -8.58. The summed E-state index contributed by atoms with van der Waals surface area (Å²) in [6.45, 7) is 0.266. The predicted octanol–water partition coefficient (Wildman–Crippen LogP) is 5.87. The lowest BCUT2D eigenvalue weighted by molar-refractivity contribution is -0.452. The van der Waals surface area contributed by atoms with Crippen LogP contribution in [0, 0.1) is 0 Å². The molecule has 0 saturated carbocycles. The first kappa shape index (κ1) is 31.9. The number of hydrogen-bond acceptors (Lipinski definition) is 2. The predicted molar refractivity (Wildman–Crippen MR) is 75.9 cm³/mol. The van der Waals surface area contributed by atoms with E-state index in [1.54, 1.807) is 0 Å². The summed E-state index contributed by atoms with van der Waals surface area (Å²) in [6.07, 6.45) is -6.26. The molecule has 0 aromatic carbocycles. The summed E-state index contributed by atoms with van der Waals surface area (Å²) in [5.41, 5.74) is -6.59. The monoisotopic (exact) mass is 552 g/mol. The highest BCUT2D eigenvalue weighted by molar-refractivity contribution is 6.48. The Morgan fingerprint density at radius 2 is 0.818 bits per heavy atom. The van der Waals surface area contributed by atoms with Gasteiger partial charge in [0.15, 0.2) is 6.17 Å². The third-order valence-corrected chi connectivity index (χ3v) is 6.10. The summed E-state index contributed by atoms with van der Waals surface area (Å²) in [4.78, 5) is 0. The normalized spacial score (nSPS) is 17.0. The van der Waals surface area contributed by atoms with Crippen LogP contribution in [0.25, 0.3) is 0 Å². The van der Waals surface area contributed by atoms with Gasteiger partial charge in [-0.25, -0.2) is 4.39 Å². The van der Waals surface area contributed by atoms with Gasteiger partial charge < -0.3 is 8.85 Å². The van der Waals surface area contributed by atoms with Crippen molar-refractivity contribution >= 4 is 9.28 Å². The van der Waals surface area contributed by atoms with Gasteiger partial charge in [0, 0.05) is 14.2 Å². The first-order chi connectivity index (χ1) is 14.3. The Labute approximate surface area is 174 Å². The molecule has 0 rings (SSSR count). The summed E-state index contributed by atoms with van der Waals surface area (Å²) in [6, 6.07) is 0. The van der Waals surface area contributed by atoms with Gasteiger partial charge in [-0.3, -0.25) is 0 Å². The Morgan fingerprint density at radius 3 is 1.09 bits per heavy atom. The molecule has 0 aliphatic rings. The molecule has 0 fully saturated rings. The smallest absolute Gasteiger partial charge is 0.396 e. The lowest BCUT2D eigenvalue weighted by atomic mass is 9.87. The summed E-state index contributed by atoms with van der Waals surface area (Å²) >= 11 is 0. The average molecular weight is 552 g/mol. The molecule has 0 heterocycles. The lowest BCUT2D eigenvalue weighted by Crippen LogP contribution is -2.76. The standard InChI is InChI=1S/C13H13F17O2Si/c1-4-5(14)6(15,16)7(17,18)8(19,20)9(21,22)10(23,24)11(25,26)12(27,28)13(29,30)33(31-2)32-3/h5,33H,4H2,1-3H3. The molecule has 0 radical (unpaired) electrons. The molecule has 0 amide bonds. The van der Waals surface area contributed by atoms with Gasteiger partial charge in [-0.05, 0) is 6.42 Å². The van der Waals surface area contributed by atoms with Crippen molar-refractivity contribution in [2.75, 3.05) is 14.2 Å². The molecular weight excluding hydrogens is 539 g/mol. The van der Waals surface area contributed by atoms with Gasteiger partial charge in [-0.1, -0.05) is 6.92 Å². The van der Waals surface area contributed by atoms with Gasteiger partial charge in [-0.15, -0.1) is 0 Å². The fourth-order valence-corrected chi connectivity index (χ4v) is 3.46. The van der Waals surface area contributed by atoms with Crippen LogP contribution in [0.5, 0.6) is 0 Å². The van der Waals surface area contributed by atoms with Crippen LogP contribution in [0.4, 0.5) is 74.6 Å². The zero-order chi connectivity index (χ0) is 27.3. The second kappa shape index (κ2) is 8.87. The van der Waals surface area contributed by atoms with E-state index in [2.05, 4.69) is 8.85 Å². The van der Waals surface area contributed by atoms with Gasteiger partial charge in [-0.2, -0.15) is 70.2 Å².